The molecular weight excluding hydrogens is 228 g/mol. The lowest BCUT2D eigenvalue weighted by atomic mass is 10.1. The molecule has 0 unspecified atom stereocenters. The molecule has 0 saturated carbocycles. The molecule has 3 heteroatoms. The number of unbranched alkanes of at least 4 members (excludes halogenated alkanes) is 3. The molecule has 0 fully saturated rings. The van der Waals surface area contributed by atoms with Crippen molar-refractivity contribution in [3.8, 4) is 11.8 Å². The highest BCUT2D eigenvalue weighted by Crippen LogP contribution is 2.00. The van der Waals surface area contributed by atoms with Gasteiger partial charge < -0.3 is 4.74 Å². The van der Waals surface area contributed by atoms with Crippen molar-refractivity contribution in [1.29, 1.82) is 0 Å². The number of carbonyl (C=O) groups excluding carboxylic acids is 2. The SMILES string of the molecule is C=CCCCC#CCCCC(=O)CC(=O)OCC. The number of allylic oxidation sites excluding steroid dienone is 1. The quantitative estimate of drug-likeness (QED) is 0.208. The van der Waals surface area contributed by atoms with Crippen LogP contribution in [0.3, 0.4) is 0 Å². The Morgan fingerprint density at radius 2 is 1.89 bits per heavy atom. The van der Waals surface area contributed by atoms with E-state index in [0.717, 1.165) is 19.3 Å². The van der Waals surface area contributed by atoms with Gasteiger partial charge in [-0.1, -0.05) is 6.08 Å². The summed E-state index contributed by atoms with van der Waals surface area (Å²) in [7, 11) is 0. The van der Waals surface area contributed by atoms with Crippen LogP contribution in [0.1, 0.15) is 51.9 Å². The molecule has 0 aliphatic heterocycles. The van der Waals surface area contributed by atoms with Crippen molar-refractivity contribution in [2.75, 3.05) is 6.61 Å². The molecule has 0 aliphatic rings. The van der Waals surface area contributed by atoms with Gasteiger partial charge >= 0.3 is 5.97 Å². The minimum atomic E-state index is -0.432. The van der Waals surface area contributed by atoms with Crippen LogP contribution in [0.5, 0.6) is 0 Å². The number of hydrogen-bond acceptors (Lipinski definition) is 3. The van der Waals surface area contributed by atoms with Gasteiger partial charge in [0.05, 0.1) is 6.61 Å². The Bertz CT molecular complexity index is 320. The average molecular weight is 250 g/mol. The van der Waals surface area contributed by atoms with Crippen molar-refractivity contribution in [2.45, 2.75) is 51.9 Å². The molecule has 0 radical (unpaired) electrons. The first-order valence-corrected chi connectivity index (χ1v) is 6.44. The van der Waals surface area contributed by atoms with E-state index in [1.165, 1.54) is 0 Å². The third kappa shape index (κ3) is 10.9. The van der Waals surface area contributed by atoms with Crippen molar-refractivity contribution in [3.05, 3.63) is 12.7 Å². The largest absolute Gasteiger partial charge is 0.466 e. The summed E-state index contributed by atoms with van der Waals surface area (Å²) in [6.07, 6.45) is 6.51. The van der Waals surface area contributed by atoms with Crippen molar-refractivity contribution < 1.29 is 14.3 Å². The number of esters is 1. The Labute approximate surface area is 110 Å². The van der Waals surface area contributed by atoms with Gasteiger partial charge in [0.15, 0.2) is 0 Å². The zero-order valence-corrected chi connectivity index (χ0v) is 11.2. The summed E-state index contributed by atoms with van der Waals surface area (Å²) in [5.74, 6) is 5.58. The van der Waals surface area contributed by atoms with Crippen molar-refractivity contribution in [2.24, 2.45) is 0 Å². The van der Waals surface area contributed by atoms with Gasteiger partial charge in [0.2, 0.25) is 0 Å². The minimum Gasteiger partial charge on any atom is -0.466 e. The number of ether oxygens (including phenoxy) is 1. The van der Waals surface area contributed by atoms with Crippen LogP contribution in [0, 0.1) is 11.8 Å². The van der Waals surface area contributed by atoms with E-state index in [9.17, 15) is 9.59 Å². The molecule has 0 aromatic rings. The third-order valence-corrected chi connectivity index (χ3v) is 2.24. The summed E-state index contributed by atoms with van der Waals surface area (Å²) in [5, 5.41) is 0. The van der Waals surface area contributed by atoms with Crippen LogP contribution in [-0.2, 0) is 14.3 Å². The number of rotatable bonds is 9. The molecule has 0 aromatic heterocycles. The molecule has 0 rings (SSSR count). The van der Waals surface area contributed by atoms with E-state index in [1.54, 1.807) is 6.92 Å². The van der Waals surface area contributed by atoms with Gasteiger partial charge in [-0.3, -0.25) is 9.59 Å². The molecule has 0 bridgehead atoms. The molecule has 0 atom stereocenters. The zero-order valence-electron chi connectivity index (χ0n) is 11.2. The molecule has 0 amide bonds. The van der Waals surface area contributed by atoms with Crippen LogP contribution in [0.2, 0.25) is 0 Å². The number of ketones is 1. The number of hydrogen-bond donors (Lipinski definition) is 0. The fourth-order valence-electron chi connectivity index (χ4n) is 1.35. The predicted molar refractivity (Wildman–Crippen MR) is 71.9 cm³/mol. The van der Waals surface area contributed by atoms with E-state index >= 15 is 0 Å². The highest BCUT2D eigenvalue weighted by molar-refractivity contribution is 5.95. The molecule has 18 heavy (non-hydrogen) atoms. The van der Waals surface area contributed by atoms with Crippen molar-refractivity contribution in [3.63, 3.8) is 0 Å². The summed E-state index contributed by atoms with van der Waals surface area (Å²) >= 11 is 0. The van der Waals surface area contributed by atoms with Gasteiger partial charge in [-0.05, 0) is 26.2 Å². The highest BCUT2D eigenvalue weighted by atomic mass is 16.5. The maximum absolute atomic E-state index is 11.3. The summed E-state index contributed by atoms with van der Waals surface area (Å²) < 4.78 is 4.70. The maximum Gasteiger partial charge on any atom is 0.313 e. The molecule has 0 N–H and O–H groups in total. The molecule has 0 aliphatic carbocycles. The van der Waals surface area contributed by atoms with Crippen LogP contribution >= 0.6 is 0 Å². The van der Waals surface area contributed by atoms with Crippen LogP contribution in [0.4, 0.5) is 0 Å². The van der Waals surface area contributed by atoms with E-state index in [4.69, 9.17) is 4.74 Å². The average Bonchev–Trinajstić information content (AvgIpc) is 2.32. The lowest BCUT2D eigenvalue weighted by Crippen LogP contribution is -2.10. The van der Waals surface area contributed by atoms with E-state index in [2.05, 4.69) is 18.4 Å². The first kappa shape index (κ1) is 16.4. The lowest BCUT2D eigenvalue weighted by Gasteiger charge is -1.99. The summed E-state index contributed by atoms with van der Waals surface area (Å²) in [6.45, 7) is 5.69. The minimum absolute atomic E-state index is 0.0677. The van der Waals surface area contributed by atoms with Crippen molar-refractivity contribution in [1.82, 2.24) is 0 Å². The van der Waals surface area contributed by atoms with Crippen LogP contribution < -0.4 is 0 Å². The predicted octanol–water partition coefficient (Wildman–Crippen LogP) is 3.04. The topological polar surface area (TPSA) is 43.4 Å². The first-order valence-electron chi connectivity index (χ1n) is 6.44. The number of Topliss-reactive ketones (excluding diaryl/α,β-unsaturated/α-hetero) is 1. The van der Waals surface area contributed by atoms with E-state index < -0.39 is 5.97 Å². The molecule has 0 heterocycles. The monoisotopic (exact) mass is 250 g/mol. The second kappa shape index (κ2) is 11.9. The lowest BCUT2D eigenvalue weighted by molar-refractivity contribution is -0.145. The van der Waals surface area contributed by atoms with E-state index in [1.807, 2.05) is 6.08 Å². The molecule has 0 saturated heterocycles. The Morgan fingerprint density at radius 1 is 1.22 bits per heavy atom. The highest BCUT2D eigenvalue weighted by Gasteiger charge is 2.08. The van der Waals surface area contributed by atoms with Gasteiger partial charge in [0, 0.05) is 19.3 Å². The fraction of sp³-hybridized carbons (Fsp3) is 0.600. The molecule has 100 valence electrons. The summed E-state index contributed by atoms with van der Waals surface area (Å²) in [5.41, 5.74) is 0. The van der Waals surface area contributed by atoms with Crippen LogP contribution in [0.15, 0.2) is 12.7 Å². The summed E-state index contributed by atoms with van der Waals surface area (Å²) in [6, 6.07) is 0. The van der Waals surface area contributed by atoms with Gasteiger partial charge in [-0.25, -0.2) is 0 Å². The standard InChI is InChI=1S/C15H22O3/c1-3-5-6-7-8-9-10-11-12-14(16)13-15(17)18-4-2/h3H,1,4-7,10-13H2,2H3. The van der Waals surface area contributed by atoms with Crippen LogP contribution in [-0.4, -0.2) is 18.4 Å². The van der Waals surface area contributed by atoms with Crippen LogP contribution in [0.25, 0.3) is 0 Å². The van der Waals surface area contributed by atoms with Gasteiger partial charge in [0.25, 0.3) is 0 Å². The zero-order chi connectivity index (χ0) is 13.6. The second-order valence-corrected chi connectivity index (χ2v) is 3.91. The van der Waals surface area contributed by atoms with E-state index in [0.29, 0.717) is 25.9 Å². The Morgan fingerprint density at radius 3 is 2.50 bits per heavy atom. The van der Waals surface area contributed by atoms with Gasteiger partial charge in [0.1, 0.15) is 12.2 Å². The molecule has 0 spiro atoms. The summed E-state index contributed by atoms with van der Waals surface area (Å²) in [4.78, 5) is 22.4. The first-order chi connectivity index (χ1) is 8.70. The Kier molecular flexibility index (Phi) is 10.9. The fourth-order valence-corrected chi connectivity index (χ4v) is 1.35. The number of carbonyl (C=O) groups is 2. The Balaban J connectivity index is 3.50. The normalized spacial score (nSPS) is 9.17. The van der Waals surface area contributed by atoms with Crippen molar-refractivity contribution >= 4 is 11.8 Å². The molecule has 0 aromatic carbocycles. The third-order valence-electron chi connectivity index (χ3n) is 2.24. The van der Waals surface area contributed by atoms with E-state index in [-0.39, 0.29) is 12.2 Å². The Hall–Kier alpha value is -1.56. The smallest absolute Gasteiger partial charge is 0.313 e. The second-order valence-electron chi connectivity index (χ2n) is 3.91. The van der Waals surface area contributed by atoms with Gasteiger partial charge in [-0.2, -0.15) is 0 Å². The maximum atomic E-state index is 11.3. The van der Waals surface area contributed by atoms with Gasteiger partial charge in [-0.15, -0.1) is 18.4 Å². The molecule has 3 nitrogen and oxygen atoms in total. The molecular formula is C15H22O3.